The van der Waals surface area contributed by atoms with Crippen molar-refractivity contribution in [1.29, 1.82) is 0 Å². The number of fused-ring (bicyclic) bond motifs is 5. The first kappa shape index (κ1) is 44.1. The molecule has 0 radical (unpaired) electrons. The minimum absolute atomic E-state index is 0. The van der Waals surface area contributed by atoms with E-state index in [0.717, 1.165) is 45.0 Å². The van der Waals surface area contributed by atoms with Crippen molar-refractivity contribution >= 4 is 44.8 Å². The summed E-state index contributed by atoms with van der Waals surface area (Å²) in [6, 6.07) is 52.6. The van der Waals surface area contributed by atoms with Gasteiger partial charge in [-0.1, -0.05) is 161 Å². The summed E-state index contributed by atoms with van der Waals surface area (Å²) in [5.74, 6) is 2.04. The molecule has 0 saturated heterocycles. The third-order valence-corrected chi connectivity index (χ3v) is 14.7. The first-order chi connectivity index (χ1) is 31.3. The maximum absolute atomic E-state index is 7.15. The fourth-order valence-corrected chi connectivity index (χ4v) is 11.2. The number of para-hydroxylation sites is 1. The maximum atomic E-state index is 7.15. The third-order valence-electron chi connectivity index (χ3n) is 14.7. The van der Waals surface area contributed by atoms with Gasteiger partial charge in [-0.05, 0) is 119 Å². The van der Waals surface area contributed by atoms with Crippen LogP contribution in [0, 0.1) is 38.8 Å². The molecule has 2 atom stereocenters. The van der Waals surface area contributed by atoms with Crippen LogP contribution in [-0.2, 0) is 36.6 Å². The van der Waals surface area contributed by atoms with Crippen molar-refractivity contribution in [3.63, 3.8) is 0 Å². The van der Waals surface area contributed by atoms with Gasteiger partial charge in [0, 0.05) is 17.4 Å². The Morgan fingerprint density at radius 3 is 2.23 bits per heavy atom. The monoisotopic (exact) mass is 1050 g/mol. The molecule has 1 aliphatic carbocycles. The van der Waals surface area contributed by atoms with E-state index in [-0.39, 0.29) is 44.0 Å². The number of anilines is 3. The second-order valence-corrected chi connectivity index (χ2v) is 20.5. The Hall–Kier alpha value is -5.77. The number of aromatic nitrogens is 2. The van der Waals surface area contributed by atoms with Crippen LogP contribution < -0.4 is 4.90 Å². The quantitative estimate of drug-likeness (QED) is 0.156. The van der Waals surface area contributed by atoms with Crippen LogP contribution in [0.15, 0.2) is 133 Å². The van der Waals surface area contributed by atoms with E-state index in [0.29, 0.717) is 11.8 Å². The zero-order chi connectivity index (χ0) is 44.8. The minimum Gasteiger partial charge on any atom is -0.510 e. The molecule has 0 unspecified atom stereocenters. The number of aryl methyl sites for hydroxylation is 3. The Morgan fingerprint density at radius 2 is 1.47 bits per heavy atom. The average Bonchev–Trinajstić information content (AvgIpc) is 3.89. The van der Waals surface area contributed by atoms with Crippen molar-refractivity contribution < 1.29 is 25.8 Å². The van der Waals surface area contributed by atoms with Gasteiger partial charge in [0.1, 0.15) is 17.8 Å². The van der Waals surface area contributed by atoms with E-state index in [4.69, 9.17) is 14.7 Å². The second kappa shape index (κ2) is 16.8. The van der Waals surface area contributed by atoms with Crippen LogP contribution in [-0.4, -0.2) is 21.5 Å². The summed E-state index contributed by atoms with van der Waals surface area (Å²) in [7, 11) is 0. The molecule has 1 saturated carbocycles. The summed E-state index contributed by atoms with van der Waals surface area (Å²) in [6.45, 7) is 18.1. The molecule has 5 nitrogen and oxygen atoms in total. The molecule has 0 amide bonds. The van der Waals surface area contributed by atoms with Gasteiger partial charge in [0.25, 0.3) is 0 Å². The molecular weight excluding hydrogens is 988 g/mol. The van der Waals surface area contributed by atoms with E-state index < -0.39 is 0 Å². The standard InChI is InChI=1S/C60H58N4O.Pt/c1-37-26-27-50-46(30-37)47-35-49-53(36-52(47)64(50)54-34-44(28-29-61-54)59(4,5)6)63(51-25-16-15-24-48(51)60(49,7)8)45-32-42(55-38(2)18-17-19-39(55)3)31-43(33-45)58-62-56(40-20-11-9-12-21-40)57(65-58)41-22-13-10-14-23-41;/h10,13-19,22-32,34-35,40,56-57H,9,11-12,20-21H2,1-8H3;/q-2;+2/t56-,57-;/m1./s1. The summed E-state index contributed by atoms with van der Waals surface area (Å²) in [5.41, 5.74) is 16.6. The molecule has 0 bridgehead atoms. The van der Waals surface area contributed by atoms with Crippen LogP contribution in [0.2, 0.25) is 0 Å². The maximum Gasteiger partial charge on any atom is 2.00 e. The molecule has 3 aliphatic rings. The molecule has 6 heteroatoms. The van der Waals surface area contributed by atoms with Gasteiger partial charge in [0.15, 0.2) is 0 Å². The smallest absolute Gasteiger partial charge is 0.510 e. The molecule has 66 heavy (non-hydrogen) atoms. The van der Waals surface area contributed by atoms with Gasteiger partial charge < -0.3 is 14.2 Å². The van der Waals surface area contributed by atoms with E-state index in [2.05, 4.69) is 198 Å². The first-order valence-corrected chi connectivity index (χ1v) is 23.7. The SMILES string of the molecule is Cc1ccc2c(c1)c1cc3c([c-]c1n2-c1cc(C(C)(C)C)ccn1)N(c1[c-]c(C2=N[C@H](C4CCCCC4)[C@@H](c4ccccc4)O2)cc(-c2c(C)cccc2C)c1)c1ccccc1C3(C)C.[Pt+2]. The third kappa shape index (κ3) is 7.43. The number of hydrogen-bond acceptors (Lipinski definition) is 4. The first-order valence-electron chi connectivity index (χ1n) is 23.7. The van der Waals surface area contributed by atoms with Crippen molar-refractivity contribution in [3.05, 3.63) is 184 Å². The summed E-state index contributed by atoms with van der Waals surface area (Å²) in [5, 5.41) is 2.37. The molecule has 6 aromatic carbocycles. The zero-order valence-electron chi connectivity index (χ0n) is 39.4. The van der Waals surface area contributed by atoms with Crippen LogP contribution >= 0.6 is 0 Å². The Kier molecular flexibility index (Phi) is 11.2. The summed E-state index contributed by atoms with van der Waals surface area (Å²) in [4.78, 5) is 13.0. The summed E-state index contributed by atoms with van der Waals surface area (Å²) < 4.78 is 9.47. The molecule has 0 spiro atoms. The van der Waals surface area contributed by atoms with Gasteiger partial charge in [-0.2, -0.15) is 6.07 Å². The van der Waals surface area contributed by atoms with E-state index >= 15 is 0 Å². The van der Waals surface area contributed by atoms with Gasteiger partial charge in [-0.15, -0.1) is 35.2 Å². The number of pyridine rings is 1. The molecule has 334 valence electrons. The molecule has 4 heterocycles. The van der Waals surface area contributed by atoms with Gasteiger partial charge in [-0.25, -0.2) is 4.98 Å². The summed E-state index contributed by atoms with van der Waals surface area (Å²) >= 11 is 0. The van der Waals surface area contributed by atoms with E-state index in [1.54, 1.807) is 0 Å². The van der Waals surface area contributed by atoms with Gasteiger partial charge in [0.05, 0.1) is 6.04 Å². The van der Waals surface area contributed by atoms with Crippen LogP contribution in [0.3, 0.4) is 0 Å². The predicted octanol–water partition coefficient (Wildman–Crippen LogP) is 15.2. The van der Waals surface area contributed by atoms with E-state index in [9.17, 15) is 0 Å². The fourth-order valence-electron chi connectivity index (χ4n) is 11.2. The molecule has 0 N–H and O–H groups in total. The largest absolute Gasteiger partial charge is 2.00 e. The number of nitrogens with zero attached hydrogens (tertiary/aromatic N) is 4. The summed E-state index contributed by atoms with van der Waals surface area (Å²) in [6.07, 6.45) is 7.96. The second-order valence-electron chi connectivity index (χ2n) is 20.5. The average molecular weight is 1050 g/mol. The Balaban J connectivity index is 0.00000511. The Labute approximate surface area is 405 Å². The number of hydrogen-bond donors (Lipinski definition) is 0. The molecule has 2 aliphatic heterocycles. The number of rotatable bonds is 6. The van der Waals surface area contributed by atoms with Crippen LogP contribution in [0.25, 0.3) is 38.8 Å². The number of ether oxygens (including phenoxy) is 1. The van der Waals surface area contributed by atoms with Crippen molar-refractivity contribution in [2.75, 3.05) is 4.90 Å². The van der Waals surface area contributed by atoms with Gasteiger partial charge in [-0.3, -0.25) is 4.99 Å². The normalized spacial score (nSPS) is 18.1. The van der Waals surface area contributed by atoms with Crippen molar-refractivity contribution in [2.45, 2.75) is 110 Å². The fraction of sp³-hybridized carbons (Fsp3) is 0.300. The van der Waals surface area contributed by atoms with Gasteiger partial charge >= 0.3 is 21.1 Å². The Bertz CT molecular complexity index is 3160. The molecule has 2 aromatic heterocycles. The van der Waals surface area contributed by atoms with Crippen molar-refractivity contribution in [1.82, 2.24) is 9.55 Å². The predicted molar refractivity (Wildman–Crippen MR) is 269 cm³/mol. The van der Waals surface area contributed by atoms with Crippen molar-refractivity contribution in [2.24, 2.45) is 10.9 Å². The molecule has 1 fully saturated rings. The van der Waals surface area contributed by atoms with E-state index in [1.165, 1.54) is 87.4 Å². The zero-order valence-corrected chi connectivity index (χ0v) is 41.7. The van der Waals surface area contributed by atoms with Crippen molar-refractivity contribution in [3.8, 4) is 16.9 Å². The van der Waals surface area contributed by atoms with E-state index in [1.807, 2.05) is 6.20 Å². The number of benzene rings is 6. The number of aliphatic imine (C=N–C) groups is 1. The molecule has 8 aromatic rings. The van der Waals surface area contributed by atoms with Crippen LogP contribution in [0.1, 0.15) is 117 Å². The molecule has 11 rings (SSSR count). The van der Waals surface area contributed by atoms with Gasteiger partial charge in [0.2, 0.25) is 0 Å². The minimum atomic E-state index is -0.336. The van der Waals surface area contributed by atoms with Crippen LogP contribution in [0.4, 0.5) is 17.1 Å². The topological polar surface area (TPSA) is 42.7 Å². The molecular formula is C60H58N4OPt. The van der Waals surface area contributed by atoms with Crippen LogP contribution in [0.5, 0.6) is 0 Å². The Morgan fingerprint density at radius 1 is 0.727 bits per heavy atom.